The van der Waals surface area contributed by atoms with Gasteiger partial charge in [-0.1, -0.05) is 17.3 Å². The van der Waals surface area contributed by atoms with Crippen LogP contribution in [-0.2, 0) is 11.4 Å². The van der Waals surface area contributed by atoms with Crippen LogP contribution in [0.3, 0.4) is 0 Å². The molecule has 8 nitrogen and oxygen atoms in total. The Bertz CT molecular complexity index is 1270. The van der Waals surface area contributed by atoms with E-state index in [1.54, 1.807) is 60.4 Å². The summed E-state index contributed by atoms with van der Waals surface area (Å²) in [6.07, 6.45) is 2.10. The van der Waals surface area contributed by atoms with Crippen LogP contribution >= 0.6 is 0 Å². The molecule has 33 heavy (non-hydrogen) atoms. The topological polar surface area (TPSA) is 93.2 Å². The number of urea groups is 1. The predicted molar refractivity (Wildman–Crippen MR) is 115 cm³/mol. The fourth-order valence-corrected chi connectivity index (χ4v) is 3.00. The number of carbonyl (C=O) groups is 1. The van der Waals surface area contributed by atoms with Crippen molar-refractivity contribution in [3.63, 3.8) is 0 Å². The number of halogens is 3. The van der Waals surface area contributed by atoms with Gasteiger partial charge in [-0.3, -0.25) is 4.40 Å². The first kappa shape index (κ1) is 21.9. The van der Waals surface area contributed by atoms with Crippen LogP contribution in [0.5, 0.6) is 0 Å². The minimum absolute atomic E-state index is 0.220. The Morgan fingerprint density at radius 3 is 2.88 bits per heavy atom. The van der Waals surface area contributed by atoms with Crippen molar-refractivity contribution >= 4 is 23.6 Å². The number of rotatable bonds is 7. The van der Waals surface area contributed by atoms with E-state index in [1.807, 2.05) is 22.7 Å². The van der Waals surface area contributed by atoms with Crippen molar-refractivity contribution in [2.75, 3.05) is 11.9 Å². The number of aromatic nitrogens is 2. The molecule has 0 spiro atoms. The molecule has 0 aliphatic heterocycles. The van der Waals surface area contributed by atoms with Crippen molar-refractivity contribution in [2.24, 2.45) is 5.16 Å². The maximum Gasteiger partial charge on any atom is 0.405 e. The van der Waals surface area contributed by atoms with Gasteiger partial charge in [0.25, 0.3) is 0 Å². The normalized spacial score (nSPS) is 11.7. The number of nitrogens with one attached hydrogen (secondary N) is 2. The van der Waals surface area contributed by atoms with Gasteiger partial charge in [-0.05, 0) is 36.4 Å². The summed E-state index contributed by atoms with van der Waals surface area (Å²) in [6.45, 7) is -1.19. The smallest absolute Gasteiger partial charge is 0.405 e. The number of hydrogen-bond donors (Lipinski definition) is 2. The van der Waals surface area contributed by atoms with Gasteiger partial charge in [0.2, 0.25) is 0 Å². The highest BCUT2D eigenvalue weighted by molar-refractivity contribution is 5.90. The number of oxime groups is 1. The molecule has 0 fully saturated rings. The van der Waals surface area contributed by atoms with Gasteiger partial charge < -0.3 is 19.9 Å². The van der Waals surface area contributed by atoms with E-state index in [-0.39, 0.29) is 6.61 Å². The lowest BCUT2D eigenvalue weighted by Gasteiger charge is -2.10. The Morgan fingerprint density at radius 2 is 2.09 bits per heavy atom. The van der Waals surface area contributed by atoms with E-state index in [9.17, 15) is 18.0 Å². The zero-order chi connectivity index (χ0) is 23.3. The molecule has 0 atom stereocenters. The molecule has 11 heteroatoms. The minimum Gasteiger partial charge on any atom is -0.466 e. The summed E-state index contributed by atoms with van der Waals surface area (Å²) in [5, 5.41) is 8.08. The lowest BCUT2D eigenvalue weighted by atomic mass is 10.1. The van der Waals surface area contributed by atoms with Crippen LogP contribution in [0.25, 0.3) is 16.9 Å². The van der Waals surface area contributed by atoms with Crippen molar-refractivity contribution in [3.05, 3.63) is 78.5 Å². The van der Waals surface area contributed by atoms with Gasteiger partial charge in [0, 0.05) is 23.0 Å². The number of furan rings is 1. The Kier molecular flexibility index (Phi) is 6.29. The van der Waals surface area contributed by atoms with E-state index in [0.717, 1.165) is 16.8 Å². The predicted octanol–water partition coefficient (Wildman–Crippen LogP) is 4.83. The van der Waals surface area contributed by atoms with Crippen molar-refractivity contribution in [2.45, 2.75) is 12.8 Å². The standard InChI is InChI=1S/C22H18F3N5O3/c23-22(24,25)14-27-21(31)29-17-4-1-3-16(10-17)19-12-26-20-9-15(6-7-30(19)20)11-28-33-13-18-5-2-8-32-18/h1-12H,13-14H2,(H2,27,29,31). The lowest BCUT2D eigenvalue weighted by molar-refractivity contribution is -0.122. The van der Waals surface area contributed by atoms with Crippen LogP contribution in [0, 0.1) is 0 Å². The number of imidazole rings is 1. The van der Waals surface area contributed by atoms with E-state index in [2.05, 4.69) is 15.5 Å². The summed E-state index contributed by atoms with van der Waals surface area (Å²) in [5.41, 5.74) is 3.23. The summed E-state index contributed by atoms with van der Waals surface area (Å²) in [6, 6.07) is 13.0. The third kappa shape index (κ3) is 5.91. The minimum atomic E-state index is -4.48. The van der Waals surface area contributed by atoms with Gasteiger partial charge in [0.15, 0.2) is 6.61 Å². The Labute approximate surface area is 185 Å². The number of pyridine rings is 1. The van der Waals surface area contributed by atoms with Gasteiger partial charge >= 0.3 is 12.2 Å². The first-order valence-corrected chi connectivity index (χ1v) is 9.74. The molecule has 0 saturated heterocycles. The first-order valence-electron chi connectivity index (χ1n) is 9.74. The summed E-state index contributed by atoms with van der Waals surface area (Å²) >= 11 is 0. The molecule has 3 aromatic heterocycles. The SMILES string of the molecule is O=C(NCC(F)(F)F)Nc1cccc(-c2cnc3cc(C=NOCc4ccco4)ccn23)c1. The molecule has 1 aromatic carbocycles. The summed E-state index contributed by atoms with van der Waals surface area (Å²) in [5.74, 6) is 0.662. The quantitative estimate of drug-likeness (QED) is 0.307. The molecule has 0 unspecified atom stereocenters. The Hall–Kier alpha value is -4.28. The van der Waals surface area contributed by atoms with Crippen molar-refractivity contribution in [3.8, 4) is 11.3 Å². The van der Waals surface area contributed by atoms with Gasteiger partial charge in [-0.15, -0.1) is 0 Å². The molecular formula is C22H18F3N5O3. The number of alkyl halides is 3. The molecule has 4 aromatic rings. The number of anilines is 1. The average Bonchev–Trinajstić information content (AvgIpc) is 3.45. The molecule has 0 saturated carbocycles. The van der Waals surface area contributed by atoms with Gasteiger partial charge in [0.1, 0.15) is 18.0 Å². The number of hydrogen-bond acceptors (Lipinski definition) is 5. The maximum absolute atomic E-state index is 12.3. The van der Waals surface area contributed by atoms with Gasteiger partial charge in [-0.2, -0.15) is 13.2 Å². The zero-order valence-electron chi connectivity index (χ0n) is 17.0. The summed E-state index contributed by atoms with van der Waals surface area (Å²) < 4.78 is 43.8. The zero-order valence-corrected chi connectivity index (χ0v) is 17.0. The molecule has 0 radical (unpaired) electrons. The molecule has 2 N–H and O–H groups in total. The van der Waals surface area contributed by atoms with Crippen molar-refractivity contribution in [1.29, 1.82) is 0 Å². The molecule has 0 bridgehead atoms. The van der Waals surface area contributed by atoms with E-state index >= 15 is 0 Å². The second kappa shape index (κ2) is 9.47. The maximum atomic E-state index is 12.3. The van der Waals surface area contributed by atoms with Crippen LogP contribution in [0.2, 0.25) is 0 Å². The highest BCUT2D eigenvalue weighted by Crippen LogP contribution is 2.24. The van der Waals surface area contributed by atoms with Crippen LogP contribution in [0.15, 0.2) is 76.8 Å². The summed E-state index contributed by atoms with van der Waals surface area (Å²) in [7, 11) is 0. The van der Waals surface area contributed by atoms with Crippen molar-refractivity contribution < 1.29 is 27.2 Å². The molecular weight excluding hydrogens is 439 g/mol. The third-order valence-electron chi connectivity index (χ3n) is 4.47. The number of amides is 2. The highest BCUT2D eigenvalue weighted by Gasteiger charge is 2.27. The van der Waals surface area contributed by atoms with Gasteiger partial charge in [0.05, 0.1) is 24.4 Å². The van der Waals surface area contributed by atoms with Crippen LogP contribution < -0.4 is 10.6 Å². The second-order valence-electron chi connectivity index (χ2n) is 6.92. The fourth-order valence-electron chi connectivity index (χ4n) is 3.00. The Morgan fingerprint density at radius 1 is 1.21 bits per heavy atom. The highest BCUT2D eigenvalue weighted by atomic mass is 19.4. The number of fused-ring (bicyclic) bond motifs is 1. The first-order chi connectivity index (χ1) is 15.9. The van der Waals surface area contributed by atoms with E-state index in [1.165, 1.54) is 0 Å². The van der Waals surface area contributed by atoms with E-state index < -0.39 is 18.8 Å². The monoisotopic (exact) mass is 457 g/mol. The number of benzene rings is 1. The fraction of sp³-hybridized carbons (Fsp3) is 0.136. The Balaban J connectivity index is 1.44. The number of carbonyl (C=O) groups excluding carboxylic acids is 1. The van der Waals surface area contributed by atoms with Crippen LogP contribution in [0.4, 0.5) is 23.7 Å². The molecule has 3 heterocycles. The van der Waals surface area contributed by atoms with Crippen molar-refractivity contribution in [1.82, 2.24) is 14.7 Å². The van der Waals surface area contributed by atoms with E-state index in [0.29, 0.717) is 17.1 Å². The molecule has 0 aliphatic rings. The summed E-state index contributed by atoms with van der Waals surface area (Å²) in [4.78, 5) is 21.3. The third-order valence-corrected chi connectivity index (χ3v) is 4.47. The van der Waals surface area contributed by atoms with Gasteiger partial charge in [-0.25, -0.2) is 9.78 Å². The van der Waals surface area contributed by atoms with Crippen LogP contribution in [-0.4, -0.2) is 34.4 Å². The average molecular weight is 457 g/mol. The second-order valence-corrected chi connectivity index (χ2v) is 6.92. The molecule has 4 rings (SSSR count). The van der Waals surface area contributed by atoms with E-state index in [4.69, 9.17) is 9.25 Å². The number of nitrogens with zero attached hydrogens (tertiary/aromatic N) is 3. The largest absolute Gasteiger partial charge is 0.466 e. The lowest BCUT2D eigenvalue weighted by Crippen LogP contribution is -2.36. The molecule has 0 aliphatic carbocycles. The van der Waals surface area contributed by atoms with Crippen LogP contribution in [0.1, 0.15) is 11.3 Å². The molecule has 170 valence electrons. The molecule has 2 amide bonds.